The van der Waals surface area contributed by atoms with Crippen LogP contribution in [0.2, 0.25) is 10.2 Å². The van der Waals surface area contributed by atoms with Crippen LogP contribution in [0.5, 0.6) is 0 Å². The number of amides is 1. The number of aromatic amines is 1. The van der Waals surface area contributed by atoms with E-state index in [-0.39, 0.29) is 38.6 Å². The minimum atomic E-state index is -0.775. The van der Waals surface area contributed by atoms with Crippen molar-refractivity contribution in [3.8, 4) is 5.69 Å². The predicted molar refractivity (Wildman–Crippen MR) is 127 cm³/mol. The van der Waals surface area contributed by atoms with Crippen molar-refractivity contribution in [3.05, 3.63) is 91.4 Å². The third-order valence-corrected chi connectivity index (χ3v) is 5.77. The fraction of sp³-hybridized carbons (Fsp3) is 0.0455. The average Bonchev–Trinajstić information content (AvgIpc) is 3.17. The largest absolute Gasteiger partial charge is 0.350 e. The molecule has 0 saturated heterocycles. The number of para-hydroxylation sites is 1. The van der Waals surface area contributed by atoms with E-state index in [4.69, 9.17) is 23.2 Å². The van der Waals surface area contributed by atoms with Crippen molar-refractivity contribution in [1.29, 1.82) is 0 Å². The number of benzene rings is 2. The van der Waals surface area contributed by atoms with E-state index >= 15 is 0 Å². The molecule has 1 amide bonds. The first kappa shape index (κ1) is 20.9. The Morgan fingerprint density at radius 1 is 1.09 bits per heavy atom. The lowest BCUT2D eigenvalue weighted by Crippen LogP contribution is -2.34. The zero-order chi connectivity index (χ0) is 23.3. The van der Waals surface area contributed by atoms with Gasteiger partial charge in [-0.1, -0.05) is 41.4 Å². The molecule has 33 heavy (non-hydrogen) atoms. The minimum absolute atomic E-state index is 0.0128. The molecule has 5 aromatic rings. The Hall–Kier alpha value is -3.95. The summed E-state index contributed by atoms with van der Waals surface area (Å²) in [5.41, 5.74) is -0.0868. The Balaban J connectivity index is 1.60. The van der Waals surface area contributed by atoms with E-state index in [0.717, 1.165) is 15.5 Å². The van der Waals surface area contributed by atoms with Crippen LogP contribution >= 0.6 is 23.2 Å². The third kappa shape index (κ3) is 3.47. The maximum absolute atomic E-state index is 13.1. The summed E-state index contributed by atoms with van der Waals surface area (Å²) in [5, 5.41) is 3.74. The van der Waals surface area contributed by atoms with Gasteiger partial charge in [0, 0.05) is 18.6 Å². The second kappa shape index (κ2) is 7.88. The van der Waals surface area contributed by atoms with Crippen LogP contribution < -0.4 is 16.6 Å². The van der Waals surface area contributed by atoms with Gasteiger partial charge in [0.15, 0.2) is 11.2 Å². The first-order valence-electron chi connectivity index (χ1n) is 9.67. The van der Waals surface area contributed by atoms with Gasteiger partial charge in [0.2, 0.25) is 0 Å². The summed E-state index contributed by atoms with van der Waals surface area (Å²) in [6.07, 6.45) is 3.07. The van der Waals surface area contributed by atoms with Crippen molar-refractivity contribution in [2.45, 2.75) is 0 Å². The summed E-state index contributed by atoms with van der Waals surface area (Å²) in [6.45, 7) is 0. The van der Waals surface area contributed by atoms with Gasteiger partial charge < -0.3 is 9.88 Å². The quantitative estimate of drug-likeness (QED) is 0.409. The van der Waals surface area contributed by atoms with Gasteiger partial charge in [0.1, 0.15) is 5.15 Å². The molecule has 5 rings (SSSR count). The molecule has 0 aliphatic carbocycles. The monoisotopic (exact) mass is 480 g/mol. The summed E-state index contributed by atoms with van der Waals surface area (Å²) >= 11 is 12.3. The van der Waals surface area contributed by atoms with E-state index in [1.807, 2.05) is 29.9 Å². The van der Waals surface area contributed by atoms with Gasteiger partial charge in [-0.25, -0.2) is 19.3 Å². The highest BCUT2D eigenvalue weighted by molar-refractivity contribution is 6.36. The van der Waals surface area contributed by atoms with Crippen LogP contribution in [-0.2, 0) is 7.05 Å². The molecule has 0 aliphatic rings. The lowest BCUT2D eigenvalue weighted by atomic mass is 10.1. The van der Waals surface area contributed by atoms with Crippen molar-refractivity contribution in [2.75, 3.05) is 5.32 Å². The van der Waals surface area contributed by atoms with Gasteiger partial charge >= 0.3 is 5.69 Å². The summed E-state index contributed by atoms with van der Waals surface area (Å²) < 4.78 is 2.69. The van der Waals surface area contributed by atoms with E-state index in [1.165, 1.54) is 12.3 Å². The maximum atomic E-state index is 13.1. The number of hydrogen-bond donors (Lipinski definition) is 2. The Kier molecular flexibility index (Phi) is 4.99. The van der Waals surface area contributed by atoms with Crippen LogP contribution in [0.4, 0.5) is 5.69 Å². The topological polar surface area (TPSA) is 115 Å². The highest BCUT2D eigenvalue weighted by Crippen LogP contribution is 2.29. The van der Waals surface area contributed by atoms with Crippen molar-refractivity contribution in [2.24, 2.45) is 7.05 Å². The van der Waals surface area contributed by atoms with E-state index in [1.54, 1.807) is 24.3 Å². The van der Waals surface area contributed by atoms with Gasteiger partial charge in [0.25, 0.3) is 11.5 Å². The summed E-state index contributed by atoms with van der Waals surface area (Å²) in [7, 11) is 1.85. The number of nitrogens with one attached hydrogen (secondary N) is 2. The van der Waals surface area contributed by atoms with Crippen molar-refractivity contribution < 1.29 is 4.79 Å². The van der Waals surface area contributed by atoms with Crippen molar-refractivity contribution in [1.82, 2.24) is 24.1 Å². The number of halogens is 2. The van der Waals surface area contributed by atoms with Crippen LogP contribution in [0.25, 0.3) is 27.8 Å². The number of rotatable bonds is 3. The summed E-state index contributed by atoms with van der Waals surface area (Å²) in [4.78, 5) is 49.1. The Morgan fingerprint density at radius 2 is 1.88 bits per heavy atom. The molecule has 0 bridgehead atoms. The van der Waals surface area contributed by atoms with Crippen LogP contribution in [0, 0.1) is 0 Å². The van der Waals surface area contributed by atoms with Gasteiger partial charge in [0.05, 0.1) is 33.7 Å². The highest BCUT2D eigenvalue weighted by atomic mass is 35.5. The van der Waals surface area contributed by atoms with Crippen LogP contribution in [0.1, 0.15) is 10.4 Å². The predicted octanol–water partition coefficient (Wildman–Crippen LogP) is 3.52. The van der Waals surface area contributed by atoms with E-state index < -0.39 is 11.2 Å². The molecule has 164 valence electrons. The Bertz CT molecular complexity index is 1700. The molecule has 3 aromatic heterocycles. The Morgan fingerprint density at radius 3 is 2.70 bits per heavy atom. The van der Waals surface area contributed by atoms with Crippen LogP contribution in [0.3, 0.4) is 0 Å². The molecule has 0 radical (unpaired) electrons. The number of fused-ring (bicyclic) bond motifs is 2. The van der Waals surface area contributed by atoms with Crippen LogP contribution in [0.15, 0.2) is 64.4 Å². The third-order valence-electron chi connectivity index (χ3n) is 5.19. The number of anilines is 1. The van der Waals surface area contributed by atoms with Gasteiger partial charge in [-0.15, -0.1) is 0 Å². The van der Waals surface area contributed by atoms with Crippen LogP contribution in [-0.4, -0.2) is 30.0 Å². The smallest absolute Gasteiger partial charge is 0.334 e. The molecule has 0 aliphatic heterocycles. The number of hydrogen-bond acceptors (Lipinski definition) is 5. The molecule has 2 N–H and O–H groups in total. The molecule has 3 heterocycles. The number of carbonyl (C=O) groups excluding carboxylic acids is 1. The summed E-state index contributed by atoms with van der Waals surface area (Å²) in [5.74, 6) is -0.387. The zero-order valence-electron chi connectivity index (χ0n) is 17.0. The normalized spacial score (nSPS) is 11.2. The highest BCUT2D eigenvalue weighted by Gasteiger charge is 2.18. The number of H-pyrrole nitrogens is 1. The molecule has 0 atom stereocenters. The van der Waals surface area contributed by atoms with Gasteiger partial charge in [-0.2, -0.15) is 0 Å². The lowest BCUT2D eigenvalue weighted by Gasteiger charge is -2.13. The van der Waals surface area contributed by atoms with Gasteiger partial charge in [-0.05, 0) is 24.3 Å². The number of carbonyl (C=O) groups is 1. The minimum Gasteiger partial charge on any atom is -0.350 e. The second-order valence-electron chi connectivity index (χ2n) is 7.22. The van der Waals surface area contributed by atoms with Crippen molar-refractivity contribution >= 4 is 56.9 Å². The summed E-state index contributed by atoms with van der Waals surface area (Å²) in [6, 6.07) is 12.0. The fourth-order valence-corrected chi connectivity index (χ4v) is 4.09. The molecule has 9 nitrogen and oxygen atoms in total. The zero-order valence-corrected chi connectivity index (χ0v) is 18.5. The fourth-order valence-electron chi connectivity index (χ4n) is 3.70. The molecular formula is C22H14Cl2N6O3. The van der Waals surface area contributed by atoms with E-state index in [0.29, 0.717) is 5.56 Å². The number of aryl methyl sites for hydroxylation is 1. The number of nitrogens with zero attached hydrogens (tertiary/aromatic N) is 4. The molecule has 0 fully saturated rings. The number of aromatic nitrogens is 5. The first-order chi connectivity index (χ1) is 15.8. The van der Waals surface area contributed by atoms with Crippen molar-refractivity contribution in [3.63, 3.8) is 0 Å². The molecule has 0 saturated carbocycles. The second-order valence-corrected chi connectivity index (χ2v) is 7.99. The molecular weight excluding hydrogens is 467 g/mol. The van der Waals surface area contributed by atoms with E-state index in [2.05, 4.69) is 20.3 Å². The maximum Gasteiger partial charge on any atom is 0.334 e. The Labute approximate surface area is 195 Å². The molecule has 0 unspecified atom stereocenters. The van der Waals surface area contributed by atoms with Gasteiger partial charge in [-0.3, -0.25) is 14.6 Å². The molecule has 2 aromatic carbocycles. The first-order valence-corrected chi connectivity index (χ1v) is 10.4. The van der Waals surface area contributed by atoms with E-state index in [9.17, 15) is 14.4 Å². The standard InChI is InChI=1S/C22H14Cl2N6O3/c1-29-9-8-11-4-2-5-12(18(11)29)20(31)26-13-6-3-7-14(16(13)24)30-21(32)17-19(28-22(30)33)27-15(23)10-25-17/h2-10H,1H3,(H,26,31)(H,27,28,33). The average molecular weight is 481 g/mol. The lowest BCUT2D eigenvalue weighted by molar-refractivity contribution is 0.102. The SMILES string of the molecule is Cn1ccc2cccc(C(=O)Nc3cccc(-n4c(=O)[nH]c5nc(Cl)cnc5c4=O)c3Cl)c21. The molecule has 0 spiro atoms. The molecule has 11 heteroatoms.